The monoisotopic (exact) mass is 371 g/mol. The minimum absolute atomic E-state index is 0.653. The van der Waals surface area contributed by atoms with Gasteiger partial charge in [0.1, 0.15) is 5.52 Å². The lowest BCUT2D eigenvalue weighted by Crippen LogP contribution is -2.03. The Labute approximate surface area is 153 Å². The average molecular weight is 372 g/mol. The molecule has 4 aromatic rings. The summed E-state index contributed by atoms with van der Waals surface area (Å²) in [6, 6.07) is 15.3. The fraction of sp³-hybridized carbons (Fsp3) is 0.176. The summed E-state index contributed by atoms with van der Waals surface area (Å²) in [5.41, 5.74) is 2.49. The molecule has 8 heteroatoms. The second-order valence-corrected chi connectivity index (χ2v) is 6.87. The standard InChI is InChI=1S/C17H14ClN5OS/c18-12-8-9-15-14(11-12)19-17(24-15)25-10-4-7-16-20-21-22-23(16)13-5-2-1-3-6-13/h1-3,5-6,8-9,11H,4,7,10H2. The van der Waals surface area contributed by atoms with Gasteiger partial charge in [-0.05, 0) is 47.2 Å². The van der Waals surface area contributed by atoms with Crippen LogP contribution in [0.25, 0.3) is 16.8 Å². The van der Waals surface area contributed by atoms with Crippen LogP contribution in [0.4, 0.5) is 0 Å². The quantitative estimate of drug-likeness (QED) is 0.374. The van der Waals surface area contributed by atoms with Crippen molar-refractivity contribution in [1.82, 2.24) is 25.2 Å². The summed E-state index contributed by atoms with van der Waals surface area (Å²) in [6.07, 6.45) is 1.69. The highest BCUT2D eigenvalue weighted by Crippen LogP contribution is 2.26. The van der Waals surface area contributed by atoms with Gasteiger partial charge < -0.3 is 4.42 Å². The molecule has 25 heavy (non-hydrogen) atoms. The van der Waals surface area contributed by atoms with E-state index in [4.69, 9.17) is 16.0 Å². The number of aromatic nitrogens is 5. The number of oxazole rings is 1. The summed E-state index contributed by atoms with van der Waals surface area (Å²) in [5, 5.41) is 13.3. The van der Waals surface area contributed by atoms with E-state index in [1.807, 2.05) is 36.4 Å². The van der Waals surface area contributed by atoms with Crippen molar-refractivity contribution in [1.29, 1.82) is 0 Å². The average Bonchev–Trinajstić information content (AvgIpc) is 3.25. The van der Waals surface area contributed by atoms with Gasteiger partial charge in [0.05, 0.1) is 5.69 Å². The van der Waals surface area contributed by atoms with Gasteiger partial charge in [-0.1, -0.05) is 41.6 Å². The lowest BCUT2D eigenvalue weighted by Gasteiger charge is -2.03. The lowest BCUT2D eigenvalue weighted by molar-refractivity contribution is 0.489. The number of fused-ring (bicyclic) bond motifs is 1. The van der Waals surface area contributed by atoms with E-state index in [9.17, 15) is 0 Å². The predicted molar refractivity (Wildman–Crippen MR) is 97.2 cm³/mol. The van der Waals surface area contributed by atoms with Crippen molar-refractivity contribution in [3.8, 4) is 5.69 Å². The van der Waals surface area contributed by atoms with Crippen molar-refractivity contribution in [3.63, 3.8) is 0 Å². The van der Waals surface area contributed by atoms with Crippen LogP contribution in [0.1, 0.15) is 12.2 Å². The Morgan fingerprint density at radius 1 is 1.12 bits per heavy atom. The fourth-order valence-corrected chi connectivity index (χ4v) is 3.40. The van der Waals surface area contributed by atoms with Gasteiger partial charge in [-0.2, -0.15) is 4.68 Å². The van der Waals surface area contributed by atoms with Crippen LogP contribution in [-0.2, 0) is 6.42 Å². The van der Waals surface area contributed by atoms with Gasteiger partial charge >= 0.3 is 0 Å². The summed E-state index contributed by atoms with van der Waals surface area (Å²) < 4.78 is 7.47. The van der Waals surface area contributed by atoms with Crippen LogP contribution >= 0.6 is 23.4 Å². The van der Waals surface area contributed by atoms with Crippen LogP contribution in [0.2, 0.25) is 5.02 Å². The Bertz CT molecular complexity index is 985. The molecule has 2 aromatic heterocycles. The Balaban J connectivity index is 1.36. The van der Waals surface area contributed by atoms with E-state index in [0.717, 1.165) is 41.2 Å². The number of rotatable bonds is 6. The first kappa shape index (κ1) is 16.1. The molecule has 2 aromatic carbocycles. The number of aryl methyl sites for hydroxylation is 1. The third-order valence-electron chi connectivity index (χ3n) is 3.64. The second-order valence-electron chi connectivity index (χ2n) is 5.39. The summed E-state index contributed by atoms with van der Waals surface area (Å²) in [5.74, 6) is 1.71. The fourth-order valence-electron chi connectivity index (χ4n) is 2.46. The molecule has 0 N–H and O–H groups in total. The van der Waals surface area contributed by atoms with Gasteiger partial charge in [0.25, 0.3) is 5.22 Å². The van der Waals surface area contributed by atoms with E-state index in [2.05, 4.69) is 20.5 Å². The molecule has 2 heterocycles. The number of tetrazole rings is 1. The molecule has 6 nitrogen and oxygen atoms in total. The molecule has 0 saturated heterocycles. The smallest absolute Gasteiger partial charge is 0.256 e. The van der Waals surface area contributed by atoms with Crippen molar-refractivity contribution >= 4 is 34.5 Å². The molecule has 0 atom stereocenters. The summed E-state index contributed by atoms with van der Waals surface area (Å²) in [7, 11) is 0. The van der Waals surface area contributed by atoms with Gasteiger partial charge in [0, 0.05) is 17.2 Å². The molecule has 0 amide bonds. The second kappa shape index (κ2) is 7.25. The van der Waals surface area contributed by atoms with E-state index in [1.165, 1.54) is 0 Å². The molecule has 0 aliphatic carbocycles. The minimum atomic E-state index is 0.653. The van der Waals surface area contributed by atoms with Crippen LogP contribution in [-0.4, -0.2) is 30.9 Å². The first-order valence-electron chi connectivity index (χ1n) is 7.81. The Hall–Kier alpha value is -2.38. The van der Waals surface area contributed by atoms with Crippen LogP contribution < -0.4 is 0 Å². The van der Waals surface area contributed by atoms with Crippen LogP contribution in [0, 0.1) is 0 Å². The number of halogens is 1. The van der Waals surface area contributed by atoms with Gasteiger partial charge in [0.15, 0.2) is 11.4 Å². The maximum atomic E-state index is 5.97. The molecule has 0 saturated carbocycles. The van der Waals surface area contributed by atoms with Crippen LogP contribution in [0.3, 0.4) is 0 Å². The van der Waals surface area contributed by atoms with E-state index in [-0.39, 0.29) is 0 Å². The van der Waals surface area contributed by atoms with Crippen molar-refractivity contribution in [2.75, 3.05) is 5.75 Å². The zero-order chi connectivity index (χ0) is 17.1. The summed E-state index contributed by atoms with van der Waals surface area (Å²) in [4.78, 5) is 4.44. The van der Waals surface area contributed by atoms with E-state index in [0.29, 0.717) is 10.2 Å². The Kier molecular flexibility index (Phi) is 4.67. The molecule has 0 radical (unpaired) electrons. The highest BCUT2D eigenvalue weighted by atomic mass is 35.5. The zero-order valence-corrected chi connectivity index (χ0v) is 14.7. The predicted octanol–water partition coefficient (Wildman–Crippen LogP) is 4.18. The molecule has 0 spiro atoms. The highest BCUT2D eigenvalue weighted by molar-refractivity contribution is 7.99. The molecular formula is C17H14ClN5OS. The highest BCUT2D eigenvalue weighted by Gasteiger charge is 2.10. The Morgan fingerprint density at radius 3 is 2.88 bits per heavy atom. The number of nitrogens with zero attached hydrogens (tertiary/aromatic N) is 5. The molecular weight excluding hydrogens is 358 g/mol. The van der Waals surface area contributed by atoms with Gasteiger partial charge in [-0.25, -0.2) is 4.98 Å². The summed E-state index contributed by atoms with van der Waals surface area (Å²) in [6.45, 7) is 0. The van der Waals surface area contributed by atoms with Crippen molar-refractivity contribution < 1.29 is 4.42 Å². The van der Waals surface area contributed by atoms with E-state index >= 15 is 0 Å². The topological polar surface area (TPSA) is 69.6 Å². The van der Waals surface area contributed by atoms with Crippen LogP contribution in [0.5, 0.6) is 0 Å². The molecule has 0 unspecified atom stereocenters. The lowest BCUT2D eigenvalue weighted by atomic mass is 10.3. The molecule has 126 valence electrons. The van der Waals surface area contributed by atoms with Gasteiger partial charge in [0.2, 0.25) is 0 Å². The molecule has 4 rings (SSSR count). The number of hydrogen-bond donors (Lipinski definition) is 0. The van der Waals surface area contributed by atoms with Gasteiger partial charge in [-0.15, -0.1) is 5.10 Å². The normalized spacial score (nSPS) is 11.2. The molecule has 0 bridgehead atoms. The summed E-state index contributed by atoms with van der Waals surface area (Å²) >= 11 is 7.54. The SMILES string of the molecule is Clc1ccc2oc(SCCCc3nnnn3-c3ccccc3)nc2c1. The molecule has 0 aliphatic rings. The number of hydrogen-bond acceptors (Lipinski definition) is 6. The maximum absolute atomic E-state index is 5.97. The van der Waals surface area contributed by atoms with Gasteiger partial charge in [-0.3, -0.25) is 0 Å². The van der Waals surface area contributed by atoms with Crippen molar-refractivity contribution in [2.45, 2.75) is 18.1 Å². The number of thioether (sulfide) groups is 1. The maximum Gasteiger partial charge on any atom is 0.256 e. The van der Waals surface area contributed by atoms with E-state index in [1.54, 1.807) is 28.6 Å². The number of para-hydroxylation sites is 1. The van der Waals surface area contributed by atoms with Crippen molar-refractivity contribution in [2.24, 2.45) is 0 Å². The first-order valence-corrected chi connectivity index (χ1v) is 9.17. The third-order valence-corrected chi connectivity index (χ3v) is 4.78. The largest absolute Gasteiger partial charge is 0.431 e. The van der Waals surface area contributed by atoms with Crippen molar-refractivity contribution in [3.05, 3.63) is 59.4 Å². The minimum Gasteiger partial charge on any atom is -0.431 e. The molecule has 0 aliphatic heterocycles. The zero-order valence-electron chi connectivity index (χ0n) is 13.2. The third kappa shape index (κ3) is 3.67. The van der Waals surface area contributed by atoms with E-state index < -0.39 is 0 Å². The van der Waals surface area contributed by atoms with Crippen LogP contribution in [0.15, 0.2) is 58.2 Å². The Morgan fingerprint density at radius 2 is 2.00 bits per heavy atom. The first-order chi connectivity index (χ1) is 12.3. The molecule has 0 fully saturated rings. The number of benzene rings is 2.